The van der Waals surface area contributed by atoms with Gasteiger partial charge in [0, 0.05) is 12.8 Å². The van der Waals surface area contributed by atoms with Crippen LogP contribution in [0, 0.1) is 0 Å². The van der Waals surface area contributed by atoms with Crippen LogP contribution < -0.4 is 0 Å². The van der Waals surface area contributed by atoms with Gasteiger partial charge >= 0.3 is 5.97 Å². The van der Waals surface area contributed by atoms with Gasteiger partial charge in [0.05, 0.1) is 0 Å². The summed E-state index contributed by atoms with van der Waals surface area (Å²) in [6.07, 6.45) is 0.749. The Labute approximate surface area is 46.2 Å². The van der Waals surface area contributed by atoms with Crippen LogP contribution in [0.15, 0.2) is 10.2 Å². The summed E-state index contributed by atoms with van der Waals surface area (Å²) in [5, 5.41) is 15.2. The zero-order chi connectivity index (χ0) is 5.98. The molecule has 1 heterocycles. The zero-order valence-corrected chi connectivity index (χ0v) is 4.24. The van der Waals surface area contributed by atoms with Crippen LogP contribution in [0.1, 0.15) is 12.8 Å². The number of carboxylic acid groups (broad SMARTS) is 1. The number of carboxylic acids is 1. The average molecular weight is 116 g/mol. The van der Waals surface area contributed by atoms with E-state index < -0.39 is 5.97 Å². The Morgan fingerprint density at radius 3 is 2.62 bits per heavy atom. The summed E-state index contributed by atoms with van der Waals surface area (Å²) < 4.78 is 0. The minimum Gasteiger partial charge on any atom is -0.481 e. The molecule has 1 rings (SSSR count). The largest absolute Gasteiger partial charge is 0.481 e. The second kappa shape index (κ2) is 1.90. The third-order valence-corrected chi connectivity index (χ3v) is 0.895. The second-order valence-electron chi connectivity index (χ2n) is 1.64. The molecule has 0 spiro atoms. The fourth-order valence-corrected chi connectivity index (χ4v) is 0.415. The molecule has 4 nitrogen and oxygen atoms in total. The molecule has 1 N–H and O–H groups in total. The minimum atomic E-state index is -0.776. The van der Waals surface area contributed by atoms with Crippen LogP contribution in [0.2, 0.25) is 0 Å². The Morgan fingerprint density at radius 1 is 1.62 bits per heavy atom. The van der Waals surface area contributed by atoms with E-state index in [-0.39, 0.29) is 12.6 Å². The summed E-state index contributed by atoms with van der Waals surface area (Å²) in [6, 6.07) is 0. The lowest BCUT2D eigenvalue weighted by molar-refractivity contribution is -0.137. The molecule has 0 fully saturated rings. The van der Waals surface area contributed by atoms with E-state index in [1.807, 2.05) is 0 Å². The summed E-state index contributed by atoms with van der Waals surface area (Å²) >= 11 is 0. The highest BCUT2D eigenvalue weighted by atomic mass is 16.4. The summed E-state index contributed by atoms with van der Waals surface area (Å²) in [5.41, 5.74) is 0. The number of rotatable bonds is 3. The third kappa shape index (κ3) is 1.68. The lowest BCUT2D eigenvalue weighted by atomic mass is 10.3. The number of carbonyl (C=O) groups is 1. The van der Waals surface area contributed by atoms with Gasteiger partial charge in [-0.15, -0.1) is 0 Å². The zero-order valence-electron chi connectivity index (χ0n) is 4.24. The minimum absolute atomic E-state index is 0.00565. The fraction of sp³-hybridized carbons (Fsp3) is 0.750. The highest BCUT2D eigenvalue weighted by Gasteiger charge is 2.15. The summed E-state index contributed by atoms with van der Waals surface area (Å²) in [5.74, 6) is -0.776. The first-order valence-electron chi connectivity index (χ1n) is 2.41. The van der Waals surface area contributed by atoms with E-state index in [9.17, 15) is 4.79 Å². The van der Waals surface area contributed by atoms with Crippen molar-refractivity contribution in [2.24, 2.45) is 10.2 Å². The van der Waals surface area contributed by atoms with Crippen LogP contribution in [0.4, 0.5) is 0 Å². The Morgan fingerprint density at radius 2 is 2.25 bits per heavy atom. The molecule has 0 aromatic heterocycles. The van der Waals surface area contributed by atoms with Gasteiger partial charge in [0.1, 0.15) is 0 Å². The molecule has 1 aliphatic heterocycles. The molecular formula is C4H6N2O2. The van der Waals surface area contributed by atoms with Gasteiger partial charge in [0.2, 0.25) is 0 Å². The Hall–Kier alpha value is -0.930. The standard InChI is InChI=1S/C4H6N2O2/c7-4(8)2-1-3-5-6-3/h3H,1-2H2,(H,7,8)/i5+1,6+1. The maximum absolute atomic E-state index is 9.85. The molecule has 1 aliphatic rings. The maximum atomic E-state index is 9.85. The molecule has 0 saturated heterocycles. The van der Waals surface area contributed by atoms with Crippen molar-refractivity contribution >= 4 is 5.97 Å². The van der Waals surface area contributed by atoms with E-state index in [0.717, 1.165) is 0 Å². The fourth-order valence-electron chi connectivity index (χ4n) is 0.415. The van der Waals surface area contributed by atoms with Crippen molar-refractivity contribution in [3.05, 3.63) is 0 Å². The molecule has 8 heavy (non-hydrogen) atoms. The number of nitrogens with zero attached hydrogens (tertiary/aromatic N) is 2. The lowest BCUT2D eigenvalue weighted by Gasteiger charge is -1.85. The van der Waals surface area contributed by atoms with E-state index in [4.69, 9.17) is 5.11 Å². The number of aliphatic carboxylic acids is 1. The van der Waals surface area contributed by atoms with Crippen molar-refractivity contribution in [3.63, 3.8) is 0 Å². The Kier molecular flexibility index (Phi) is 1.24. The summed E-state index contributed by atoms with van der Waals surface area (Å²) in [7, 11) is 0. The van der Waals surface area contributed by atoms with Gasteiger partial charge in [0.25, 0.3) is 0 Å². The summed E-state index contributed by atoms with van der Waals surface area (Å²) in [4.78, 5) is 9.85. The topological polar surface area (TPSA) is 62.0 Å². The molecule has 0 atom stereocenters. The van der Waals surface area contributed by atoms with Crippen molar-refractivity contribution < 1.29 is 9.90 Å². The summed E-state index contributed by atoms with van der Waals surface area (Å²) in [6.45, 7) is 0. The van der Waals surface area contributed by atoms with Crippen LogP contribution in [0.3, 0.4) is 0 Å². The van der Waals surface area contributed by atoms with Crippen LogP contribution in [-0.4, -0.2) is 17.2 Å². The molecule has 0 aromatic carbocycles. The first-order valence-corrected chi connectivity index (χ1v) is 2.41. The SMILES string of the molecule is O=C(O)CCC1[15N]=[15N]1. The van der Waals surface area contributed by atoms with Crippen molar-refractivity contribution in [2.45, 2.75) is 19.0 Å². The predicted molar refractivity (Wildman–Crippen MR) is 25.5 cm³/mol. The van der Waals surface area contributed by atoms with E-state index in [0.29, 0.717) is 6.42 Å². The number of hydrogen-bond acceptors (Lipinski definition) is 3. The predicted octanol–water partition coefficient (Wildman–Crippen LogP) is 0.643. The van der Waals surface area contributed by atoms with Gasteiger partial charge in [-0.1, -0.05) is 0 Å². The average Bonchev–Trinajstić information content (AvgIpc) is 2.41. The molecule has 0 saturated carbocycles. The molecule has 0 bridgehead atoms. The molecule has 0 unspecified atom stereocenters. The quantitative estimate of drug-likeness (QED) is 0.550. The lowest BCUT2D eigenvalue weighted by Crippen LogP contribution is -1.96. The first kappa shape index (κ1) is 5.21. The molecule has 44 valence electrons. The molecule has 0 radical (unpaired) electrons. The third-order valence-electron chi connectivity index (χ3n) is 0.895. The maximum Gasteiger partial charge on any atom is 0.303 e. The Balaban J connectivity index is 1.96. The molecular weight excluding hydrogens is 110 g/mol. The first-order chi connectivity index (χ1) is 3.79. The van der Waals surface area contributed by atoms with Crippen LogP contribution >= 0.6 is 0 Å². The van der Waals surface area contributed by atoms with Gasteiger partial charge in [-0.3, -0.25) is 4.79 Å². The highest BCUT2D eigenvalue weighted by molar-refractivity contribution is 5.66. The highest BCUT2D eigenvalue weighted by Crippen LogP contribution is 2.15. The van der Waals surface area contributed by atoms with Crippen LogP contribution in [-0.2, 0) is 4.79 Å². The van der Waals surface area contributed by atoms with Gasteiger partial charge in [-0.2, -0.15) is 10.2 Å². The van der Waals surface area contributed by atoms with E-state index in [1.54, 1.807) is 0 Å². The molecule has 4 heteroatoms. The number of hydrogen-bond donors (Lipinski definition) is 1. The molecule has 0 aromatic rings. The van der Waals surface area contributed by atoms with Crippen molar-refractivity contribution in [3.8, 4) is 0 Å². The molecule has 0 aliphatic carbocycles. The van der Waals surface area contributed by atoms with Crippen molar-refractivity contribution in [1.82, 2.24) is 0 Å². The normalized spacial score (nSPS) is 16.5. The van der Waals surface area contributed by atoms with Gasteiger partial charge in [-0.25, -0.2) is 0 Å². The van der Waals surface area contributed by atoms with Gasteiger partial charge < -0.3 is 5.11 Å². The molecule has 0 amide bonds. The van der Waals surface area contributed by atoms with E-state index >= 15 is 0 Å². The van der Waals surface area contributed by atoms with Crippen LogP contribution in [0.25, 0.3) is 0 Å². The van der Waals surface area contributed by atoms with Crippen LogP contribution in [0.5, 0.6) is 0 Å². The monoisotopic (exact) mass is 116 g/mol. The van der Waals surface area contributed by atoms with Gasteiger partial charge in [0.15, 0.2) is 6.17 Å². The Bertz CT molecular complexity index is 126. The van der Waals surface area contributed by atoms with Crippen molar-refractivity contribution in [1.29, 1.82) is 0 Å². The smallest absolute Gasteiger partial charge is 0.303 e. The van der Waals surface area contributed by atoms with E-state index in [1.165, 1.54) is 0 Å². The van der Waals surface area contributed by atoms with Gasteiger partial charge in [-0.05, 0) is 0 Å². The van der Waals surface area contributed by atoms with E-state index in [2.05, 4.69) is 10.2 Å². The van der Waals surface area contributed by atoms with Crippen molar-refractivity contribution in [2.75, 3.05) is 0 Å². The second-order valence-corrected chi connectivity index (χ2v) is 1.64.